The Morgan fingerprint density at radius 1 is 0.964 bits per heavy atom. The summed E-state index contributed by atoms with van der Waals surface area (Å²) >= 11 is 7.57. The number of nitrogens with one attached hydrogen (secondary N) is 1. The average Bonchev–Trinajstić information content (AvgIpc) is 2.71. The molecule has 5 heteroatoms. The van der Waals surface area contributed by atoms with E-state index in [1.807, 2.05) is 44.2 Å². The van der Waals surface area contributed by atoms with E-state index in [9.17, 15) is 9.59 Å². The van der Waals surface area contributed by atoms with Crippen molar-refractivity contribution in [3.05, 3.63) is 94.5 Å². The van der Waals surface area contributed by atoms with E-state index in [0.29, 0.717) is 21.8 Å². The van der Waals surface area contributed by atoms with Gasteiger partial charge in [0.15, 0.2) is 5.78 Å². The molecule has 0 aliphatic carbocycles. The lowest BCUT2D eigenvalue weighted by Gasteiger charge is -2.15. The summed E-state index contributed by atoms with van der Waals surface area (Å²) in [6, 6.07) is 21.9. The van der Waals surface area contributed by atoms with Gasteiger partial charge in [-0.1, -0.05) is 59.6 Å². The van der Waals surface area contributed by atoms with Gasteiger partial charge in [-0.3, -0.25) is 9.59 Å². The molecule has 0 aromatic heterocycles. The van der Waals surface area contributed by atoms with Gasteiger partial charge in [0.1, 0.15) is 0 Å². The number of ketones is 1. The van der Waals surface area contributed by atoms with Gasteiger partial charge < -0.3 is 5.32 Å². The van der Waals surface area contributed by atoms with Crippen molar-refractivity contribution in [2.24, 2.45) is 0 Å². The first kappa shape index (κ1) is 20.2. The molecule has 0 heterocycles. The maximum absolute atomic E-state index is 12.9. The van der Waals surface area contributed by atoms with E-state index < -0.39 is 0 Å². The summed E-state index contributed by atoms with van der Waals surface area (Å²) in [6.45, 7) is 3.87. The number of carbonyl (C=O) groups excluding carboxylic acids is 2. The highest BCUT2D eigenvalue weighted by Gasteiger charge is 2.19. The van der Waals surface area contributed by atoms with Gasteiger partial charge in [0.25, 0.3) is 0 Å². The molecule has 3 rings (SSSR count). The summed E-state index contributed by atoms with van der Waals surface area (Å²) in [5.74, 6) is -0.354. The van der Waals surface area contributed by atoms with E-state index in [2.05, 4.69) is 5.32 Å². The molecule has 0 fully saturated rings. The summed E-state index contributed by atoms with van der Waals surface area (Å²) in [4.78, 5) is 26.6. The predicted molar refractivity (Wildman–Crippen MR) is 116 cm³/mol. The number of rotatable bonds is 6. The molecule has 3 nitrogen and oxygen atoms in total. The van der Waals surface area contributed by atoms with Crippen LogP contribution < -0.4 is 5.32 Å². The Morgan fingerprint density at radius 3 is 2.32 bits per heavy atom. The Kier molecular flexibility index (Phi) is 6.55. The fourth-order valence-electron chi connectivity index (χ4n) is 2.67. The molecule has 28 heavy (non-hydrogen) atoms. The molecule has 3 aromatic rings. The number of thioether (sulfide) groups is 1. The van der Waals surface area contributed by atoms with Crippen LogP contribution in [0, 0.1) is 6.92 Å². The number of hydrogen-bond acceptors (Lipinski definition) is 3. The van der Waals surface area contributed by atoms with E-state index in [-0.39, 0.29) is 16.9 Å². The predicted octanol–water partition coefficient (Wildman–Crippen LogP) is 6.00. The van der Waals surface area contributed by atoms with Crippen molar-refractivity contribution in [1.29, 1.82) is 0 Å². The van der Waals surface area contributed by atoms with Crippen LogP contribution in [0.25, 0.3) is 0 Å². The van der Waals surface area contributed by atoms with Gasteiger partial charge in [-0.15, -0.1) is 11.8 Å². The van der Waals surface area contributed by atoms with E-state index >= 15 is 0 Å². The third-order valence-corrected chi connectivity index (χ3v) is 5.57. The third-order valence-electron chi connectivity index (χ3n) is 4.22. The van der Waals surface area contributed by atoms with Crippen molar-refractivity contribution in [2.75, 3.05) is 5.32 Å². The summed E-state index contributed by atoms with van der Waals surface area (Å²) in [5, 5.41) is 3.00. The van der Waals surface area contributed by atoms with E-state index in [1.165, 1.54) is 17.3 Å². The molecule has 0 saturated heterocycles. The molecular weight excluding hydrogens is 390 g/mol. The second-order valence-corrected chi connectivity index (χ2v) is 8.30. The van der Waals surface area contributed by atoms with Crippen molar-refractivity contribution >= 4 is 40.7 Å². The highest BCUT2D eigenvalue weighted by molar-refractivity contribution is 8.00. The zero-order valence-electron chi connectivity index (χ0n) is 15.6. The molecule has 0 bridgehead atoms. The molecule has 0 aliphatic rings. The van der Waals surface area contributed by atoms with Gasteiger partial charge in [-0.2, -0.15) is 0 Å². The van der Waals surface area contributed by atoms with Crippen LogP contribution in [0.1, 0.15) is 28.4 Å². The lowest BCUT2D eigenvalue weighted by atomic mass is 10.0. The van der Waals surface area contributed by atoms with Crippen molar-refractivity contribution in [3.8, 4) is 0 Å². The van der Waals surface area contributed by atoms with Gasteiger partial charge in [-0.25, -0.2) is 0 Å². The first-order chi connectivity index (χ1) is 13.4. The minimum absolute atomic E-state index is 0.171. The van der Waals surface area contributed by atoms with Crippen molar-refractivity contribution in [1.82, 2.24) is 0 Å². The van der Waals surface area contributed by atoms with Crippen LogP contribution in [0.5, 0.6) is 0 Å². The number of benzene rings is 3. The van der Waals surface area contributed by atoms with Crippen molar-refractivity contribution < 1.29 is 9.59 Å². The summed E-state index contributed by atoms with van der Waals surface area (Å²) in [7, 11) is 0. The lowest BCUT2D eigenvalue weighted by Crippen LogP contribution is -2.23. The van der Waals surface area contributed by atoms with Gasteiger partial charge >= 0.3 is 0 Å². The van der Waals surface area contributed by atoms with Gasteiger partial charge in [0, 0.05) is 21.0 Å². The van der Waals surface area contributed by atoms with Gasteiger partial charge in [0.05, 0.1) is 10.9 Å². The van der Waals surface area contributed by atoms with Crippen LogP contribution in [0.15, 0.2) is 77.7 Å². The summed E-state index contributed by atoms with van der Waals surface area (Å²) in [5.41, 5.74) is 2.55. The quantitative estimate of drug-likeness (QED) is 0.401. The summed E-state index contributed by atoms with van der Waals surface area (Å²) < 4.78 is 0. The SMILES string of the molecule is Cc1ccc(SC(C)C(=O)Nc2ccc(Cl)cc2C(=O)c2ccccc2)cc1. The van der Waals surface area contributed by atoms with Crippen LogP contribution in [-0.2, 0) is 4.79 Å². The van der Waals surface area contributed by atoms with Crippen LogP contribution in [0.3, 0.4) is 0 Å². The molecule has 0 saturated carbocycles. The minimum atomic E-state index is -0.321. The van der Waals surface area contributed by atoms with Crippen LogP contribution >= 0.6 is 23.4 Å². The topological polar surface area (TPSA) is 46.2 Å². The highest BCUT2D eigenvalue weighted by Crippen LogP contribution is 2.27. The molecule has 1 unspecified atom stereocenters. The summed E-state index contributed by atoms with van der Waals surface area (Å²) in [6.07, 6.45) is 0. The molecular formula is C23H20ClNO2S. The Morgan fingerprint density at radius 2 is 1.64 bits per heavy atom. The Bertz CT molecular complexity index is 987. The molecule has 142 valence electrons. The van der Waals surface area contributed by atoms with Crippen LogP contribution in [0.2, 0.25) is 5.02 Å². The number of amides is 1. The zero-order valence-corrected chi connectivity index (χ0v) is 17.2. The molecule has 0 spiro atoms. The van der Waals surface area contributed by atoms with E-state index in [4.69, 9.17) is 11.6 Å². The van der Waals surface area contributed by atoms with Gasteiger partial charge in [0.2, 0.25) is 5.91 Å². The first-order valence-corrected chi connectivity index (χ1v) is 10.1. The van der Waals surface area contributed by atoms with Crippen molar-refractivity contribution in [2.45, 2.75) is 24.0 Å². The number of aryl methyl sites for hydroxylation is 1. The Hall–Kier alpha value is -2.56. The normalized spacial score (nSPS) is 11.7. The lowest BCUT2D eigenvalue weighted by molar-refractivity contribution is -0.115. The molecule has 0 aliphatic heterocycles. The Balaban J connectivity index is 1.79. The third kappa shape index (κ3) is 5.03. The molecule has 0 radical (unpaired) electrons. The van der Waals surface area contributed by atoms with Crippen LogP contribution in [0.4, 0.5) is 5.69 Å². The maximum Gasteiger partial charge on any atom is 0.237 e. The highest BCUT2D eigenvalue weighted by atomic mass is 35.5. The molecule has 1 N–H and O–H groups in total. The zero-order chi connectivity index (χ0) is 20.1. The fourth-order valence-corrected chi connectivity index (χ4v) is 3.71. The monoisotopic (exact) mass is 409 g/mol. The maximum atomic E-state index is 12.9. The molecule has 1 atom stereocenters. The number of anilines is 1. The second kappa shape index (κ2) is 9.09. The largest absolute Gasteiger partial charge is 0.324 e. The second-order valence-electron chi connectivity index (χ2n) is 6.45. The smallest absolute Gasteiger partial charge is 0.237 e. The van der Waals surface area contributed by atoms with Gasteiger partial charge in [-0.05, 0) is 44.2 Å². The Labute approximate surface area is 174 Å². The fraction of sp³-hybridized carbons (Fsp3) is 0.130. The molecule has 3 aromatic carbocycles. The van der Waals surface area contributed by atoms with E-state index in [1.54, 1.807) is 42.5 Å². The minimum Gasteiger partial charge on any atom is -0.324 e. The van der Waals surface area contributed by atoms with E-state index in [0.717, 1.165) is 4.90 Å². The van der Waals surface area contributed by atoms with Crippen molar-refractivity contribution in [3.63, 3.8) is 0 Å². The molecule has 1 amide bonds. The average molecular weight is 410 g/mol. The standard InChI is InChI=1S/C23H20ClNO2S/c1-15-8-11-19(12-9-15)28-16(2)23(27)25-21-13-10-18(24)14-20(21)22(26)17-6-4-3-5-7-17/h3-14,16H,1-2H3,(H,25,27). The number of halogens is 1. The van der Waals surface area contributed by atoms with Crippen LogP contribution in [-0.4, -0.2) is 16.9 Å². The first-order valence-electron chi connectivity index (χ1n) is 8.87. The number of carbonyl (C=O) groups is 2. The number of hydrogen-bond donors (Lipinski definition) is 1.